The number of aromatic carboxylic acids is 1. The van der Waals surface area contributed by atoms with Crippen LogP contribution in [0.4, 0.5) is 0 Å². The van der Waals surface area contributed by atoms with Crippen LogP contribution in [0.2, 0.25) is 0 Å². The first-order chi connectivity index (χ1) is 9.54. The van der Waals surface area contributed by atoms with Crippen LogP contribution in [0.3, 0.4) is 0 Å². The molecule has 5 heteroatoms. The first kappa shape index (κ1) is 14.5. The average molecular weight is 276 g/mol. The Labute approximate surface area is 118 Å². The van der Waals surface area contributed by atoms with E-state index in [1.807, 2.05) is 13.0 Å². The highest BCUT2D eigenvalue weighted by Gasteiger charge is 2.26. The highest BCUT2D eigenvalue weighted by molar-refractivity contribution is 5.90. The zero-order valence-electron chi connectivity index (χ0n) is 11.6. The molecule has 1 amide bonds. The van der Waals surface area contributed by atoms with Gasteiger partial charge in [0.25, 0.3) is 0 Å². The number of rotatable bonds is 4. The number of nitrogens with zero attached hydrogens (tertiary/aromatic N) is 1. The summed E-state index contributed by atoms with van der Waals surface area (Å²) in [7, 11) is 0. The van der Waals surface area contributed by atoms with E-state index in [-0.39, 0.29) is 5.91 Å². The predicted molar refractivity (Wildman–Crippen MR) is 75.4 cm³/mol. The summed E-state index contributed by atoms with van der Waals surface area (Å²) in [5.41, 5.74) is 7.96. The van der Waals surface area contributed by atoms with Crippen molar-refractivity contribution >= 4 is 11.9 Å². The number of benzene rings is 1. The van der Waals surface area contributed by atoms with Gasteiger partial charge in [-0.05, 0) is 30.0 Å². The molecule has 3 N–H and O–H groups in total. The molecular weight excluding hydrogens is 256 g/mol. The van der Waals surface area contributed by atoms with Gasteiger partial charge in [0.05, 0.1) is 11.6 Å². The van der Waals surface area contributed by atoms with E-state index < -0.39 is 12.0 Å². The lowest BCUT2D eigenvalue weighted by Gasteiger charge is -2.31. The standard InChI is InChI=1S/C15H20N2O3/c1-2-4-13(16)14(18)17-8-7-11-10(9-17)5-3-6-12(11)15(19)20/h3,5-6,13H,2,4,7-9,16H2,1H3,(H,19,20). The van der Waals surface area contributed by atoms with E-state index in [0.717, 1.165) is 17.5 Å². The molecule has 1 unspecified atom stereocenters. The minimum atomic E-state index is -0.913. The molecule has 0 saturated carbocycles. The molecule has 0 aliphatic carbocycles. The lowest BCUT2D eigenvalue weighted by Crippen LogP contribution is -2.46. The highest BCUT2D eigenvalue weighted by atomic mass is 16.4. The molecule has 5 nitrogen and oxygen atoms in total. The van der Waals surface area contributed by atoms with Crippen molar-refractivity contribution in [2.75, 3.05) is 6.54 Å². The van der Waals surface area contributed by atoms with Gasteiger partial charge < -0.3 is 15.7 Å². The minimum absolute atomic E-state index is 0.0433. The molecule has 1 aliphatic rings. The number of nitrogens with two attached hydrogens (primary N) is 1. The highest BCUT2D eigenvalue weighted by Crippen LogP contribution is 2.23. The largest absolute Gasteiger partial charge is 0.478 e. The molecule has 0 spiro atoms. The fraction of sp³-hybridized carbons (Fsp3) is 0.467. The fourth-order valence-corrected chi connectivity index (χ4v) is 2.67. The van der Waals surface area contributed by atoms with Crippen LogP contribution in [0.5, 0.6) is 0 Å². The summed E-state index contributed by atoms with van der Waals surface area (Å²) in [5.74, 6) is -0.956. The maximum Gasteiger partial charge on any atom is 0.335 e. The summed E-state index contributed by atoms with van der Waals surface area (Å²) in [4.78, 5) is 25.1. The number of hydrogen-bond donors (Lipinski definition) is 2. The molecule has 20 heavy (non-hydrogen) atoms. The van der Waals surface area contributed by atoms with Crippen LogP contribution < -0.4 is 5.73 Å². The fourth-order valence-electron chi connectivity index (χ4n) is 2.67. The van der Waals surface area contributed by atoms with Crippen molar-refractivity contribution in [3.8, 4) is 0 Å². The van der Waals surface area contributed by atoms with Crippen LogP contribution >= 0.6 is 0 Å². The Morgan fingerprint density at radius 1 is 1.45 bits per heavy atom. The Hall–Kier alpha value is -1.88. The van der Waals surface area contributed by atoms with E-state index in [9.17, 15) is 14.7 Å². The molecule has 1 aromatic carbocycles. The SMILES string of the molecule is CCCC(N)C(=O)N1CCc2c(cccc2C(=O)O)C1. The van der Waals surface area contributed by atoms with Crippen molar-refractivity contribution in [3.63, 3.8) is 0 Å². The zero-order valence-corrected chi connectivity index (χ0v) is 11.6. The second kappa shape index (κ2) is 6.05. The summed E-state index contributed by atoms with van der Waals surface area (Å²) in [6, 6.07) is 4.76. The second-order valence-corrected chi connectivity index (χ2v) is 5.15. The average Bonchev–Trinajstić information content (AvgIpc) is 2.45. The summed E-state index contributed by atoms with van der Waals surface area (Å²) in [6.07, 6.45) is 2.13. The third kappa shape index (κ3) is 2.82. The van der Waals surface area contributed by atoms with Gasteiger partial charge in [-0.15, -0.1) is 0 Å². The van der Waals surface area contributed by atoms with E-state index in [1.165, 1.54) is 0 Å². The molecule has 2 rings (SSSR count). The number of amides is 1. The van der Waals surface area contributed by atoms with Gasteiger partial charge in [0.2, 0.25) is 5.91 Å². The van der Waals surface area contributed by atoms with Crippen LogP contribution in [0.25, 0.3) is 0 Å². The van der Waals surface area contributed by atoms with Gasteiger partial charge in [-0.3, -0.25) is 4.79 Å². The predicted octanol–water partition coefficient (Wildman–Crippen LogP) is 1.40. The summed E-state index contributed by atoms with van der Waals surface area (Å²) >= 11 is 0. The van der Waals surface area contributed by atoms with Crippen molar-refractivity contribution in [1.82, 2.24) is 4.90 Å². The first-order valence-electron chi connectivity index (χ1n) is 6.93. The van der Waals surface area contributed by atoms with Crippen LogP contribution in [-0.2, 0) is 17.8 Å². The van der Waals surface area contributed by atoms with Crippen LogP contribution in [0.1, 0.15) is 41.3 Å². The van der Waals surface area contributed by atoms with E-state index in [4.69, 9.17) is 5.73 Å². The van der Waals surface area contributed by atoms with Crippen molar-refractivity contribution in [3.05, 3.63) is 34.9 Å². The third-order valence-corrected chi connectivity index (χ3v) is 3.72. The Bertz CT molecular complexity index is 528. The Morgan fingerprint density at radius 2 is 2.20 bits per heavy atom. The molecule has 1 aromatic rings. The summed E-state index contributed by atoms with van der Waals surface area (Å²) < 4.78 is 0. The van der Waals surface area contributed by atoms with E-state index in [0.29, 0.717) is 31.5 Å². The third-order valence-electron chi connectivity index (χ3n) is 3.72. The molecule has 108 valence electrons. The molecular formula is C15H20N2O3. The van der Waals surface area contributed by atoms with Crippen LogP contribution in [0.15, 0.2) is 18.2 Å². The second-order valence-electron chi connectivity index (χ2n) is 5.15. The smallest absolute Gasteiger partial charge is 0.335 e. The van der Waals surface area contributed by atoms with Gasteiger partial charge in [-0.1, -0.05) is 25.5 Å². The number of hydrogen-bond acceptors (Lipinski definition) is 3. The van der Waals surface area contributed by atoms with Gasteiger partial charge >= 0.3 is 5.97 Å². The van der Waals surface area contributed by atoms with Crippen molar-refractivity contribution in [2.24, 2.45) is 5.73 Å². The van der Waals surface area contributed by atoms with E-state index >= 15 is 0 Å². The van der Waals surface area contributed by atoms with Crippen LogP contribution in [0, 0.1) is 0 Å². The Morgan fingerprint density at radius 3 is 2.85 bits per heavy atom. The molecule has 0 aromatic heterocycles. The summed E-state index contributed by atoms with van der Waals surface area (Å²) in [6.45, 7) is 2.98. The lowest BCUT2D eigenvalue weighted by molar-refractivity contribution is -0.133. The maximum atomic E-state index is 12.2. The van der Waals surface area contributed by atoms with Gasteiger partial charge in [0.1, 0.15) is 0 Å². The number of fused-ring (bicyclic) bond motifs is 1. The Kier molecular flexibility index (Phi) is 4.39. The topological polar surface area (TPSA) is 83.6 Å². The van der Waals surface area contributed by atoms with Gasteiger partial charge in [-0.2, -0.15) is 0 Å². The molecule has 1 heterocycles. The van der Waals surface area contributed by atoms with Crippen molar-refractivity contribution < 1.29 is 14.7 Å². The monoisotopic (exact) mass is 276 g/mol. The van der Waals surface area contributed by atoms with Gasteiger partial charge in [0, 0.05) is 13.1 Å². The summed E-state index contributed by atoms with van der Waals surface area (Å²) in [5, 5.41) is 9.17. The number of carboxylic acids is 1. The normalized spacial score (nSPS) is 15.6. The maximum absolute atomic E-state index is 12.2. The lowest BCUT2D eigenvalue weighted by atomic mass is 9.94. The van der Waals surface area contributed by atoms with Gasteiger partial charge in [-0.25, -0.2) is 4.79 Å². The number of carbonyl (C=O) groups is 2. The van der Waals surface area contributed by atoms with Crippen molar-refractivity contribution in [2.45, 2.75) is 38.8 Å². The van der Waals surface area contributed by atoms with Crippen molar-refractivity contribution in [1.29, 1.82) is 0 Å². The molecule has 0 saturated heterocycles. The number of carboxylic acid groups (broad SMARTS) is 1. The molecule has 1 atom stereocenters. The Balaban J connectivity index is 2.18. The van der Waals surface area contributed by atoms with Crippen LogP contribution in [-0.4, -0.2) is 34.5 Å². The molecule has 0 bridgehead atoms. The number of carbonyl (C=O) groups excluding carboxylic acids is 1. The quantitative estimate of drug-likeness (QED) is 0.870. The molecule has 0 fully saturated rings. The first-order valence-corrected chi connectivity index (χ1v) is 6.93. The van der Waals surface area contributed by atoms with E-state index in [1.54, 1.807) is 17.0 Å². The molecule has 1 aliphatic heterocycles. The van der Waals surface area contributed by atoms with E-state index in [2.05, 4.69) is 0 Å². The zero-order chi connectivity index (χ0) is 14.7. The minimum Gasteiger partial charge on any atom is -0.478 e. The molecule has 0 radical (unpaired) electrons. The van der Waals surface area contributed by atoms with Gasteiger partial charge in [0.15, 0.2) is 0 Å².